The number of amides is 1. The Labute approximate surface area is 214 Å². The van der Waals surface area contributed by atoms with Gasteiger partial charge in [-0.05, 0) is 66.3 Å². The van der Waals surface area contributed by atoms with Gasteiger partial charge in [0.15, 0.2) is 0 Å². The average Bonchev–Trinajstić information content (AvgIpc) is 2.76. The molecule has 36 heavy (non-hydrogen) atoms. The van der Waals surface area contributed by atoms with Gasteiger partial charge in [-0.25, -0.2) is 9.37 Å². The lowest BCUT2D eigenvalue weighted by molar-refractivity contribution is -0.120. The normalized spacial score (nSPS) is 24.9. The predicted molar refractivity (Wildman–Crippen MR) is 138 cm³/mol. The third-order valence-electron chi connectivity index (χ3n) is 7.17. The van der Waals surface area contributed by atoms with Crippen LogP contribution in [0.2, 0.25) is 0 Å². The summed E-state index contributed by atoms with van der Waals surface area (Å²) in [4.78, 5) is 16.6. The molecular weight excluding hydrogens is 457 g/mol. The minimum absolute atomic E-state index is 0.00730. The zero-order chi connectivity index (χ0) is 26.1. The molecule has 3 atom stereocenters. The van der Waals surface area contributed by atoms with Gasteiger partial charge in [0.05, 0.1) is 12.1 Å². The van der Waals surface area contributed by atoms with Gasteiger partial charge in [-0.3, -0.25) is 4.79 Å². The van der Waals surface area contributed by atoms with Crippen LogP contribution in [-0.4, -0.2) is 40.3 Å². The monoisotopic (exact) mass is 497 g/mol. The first-order valence-corrected chi connectivity index (χ1v) is 13.0. The Balaban J connectivity index is 1.51. The quantitative estimate of drug-likeness (QED) is 0.500. The Morgan fingerprint density at radius 1 is 1.22 bits per heavy atom. The van der Waals surface area contributed by atoms with E-state index >= 15 is 0 Å². The van der Waals surface area contributed by atoms with Gasteiger partial charge < -0.3 is 20.5 Å². The maximum atomic E-state index is 13.3. The van der Waals surface area contributed by atoms with Crippen molar-refractivity contribution in [2.45, 2.75) is 90.5 Å². The molecule has 0 radical (unpaired) electrons. The molecule has 2 aliphatic rings. The molecular formula is C29H40FN3O3. The Morgan fingerprint density at radius 3 is 2.53 bits per heavy atom. The Hall–Kier alpha value is -2.51. The van der Waals surface area contributed by atoms with Crippen LogP contribution in [0.15, 0.2) is 36.5 Å². The van der Waals surface area contributed by atoms with Crippen LogP contribution in [0.4, 0.5) is 4.39 Å². The fourth-order valence-corrected chi connectivity index (χ4v) is 5.75. The maximum absolute atomic E-state index is 13.3. The number of nitrogens with zero attached hydrogens (tertiary/aromatic N) is 1. The molecule has 4 rings (SSSR count). The van der Waals surface area contributed by atoms with Crippen LogP contribution in [-0.2, 0) is 17.6 Å². The van der Waals surface area contributed by atoms with Gasteiger partial charge in [0.1, 0.15) is 11.4 Å². The maximum Gasteiger partial charge on any atom is 0.218 e. The molecule has 1 saturated carbocycles. The van der Waals surface area contributed by atoms with Crippen LogP contribution >= 0.6 is 0 Å². The highest BCUT2D eigenvalue weighted by Crippen LogP contribution is 2.50. The Morgan fingerprint density at radius 2 is 1.92 bits per heavy atom. The number of fused-ring (bicyclic) bond motifs is 1. The molecule has 0 unspecified atom stereocenters. The van der Waals surface area contributed by atoms with Gasteiger partial charge in [0.2, 0.25) is 11.8 Å². The third kappa shape index (κ3) is 6.62. The molecule has 7 heteroatoms. The van der Waals surface area contributed by atoms with Crippen molar-refractivity contribution in [3.05, 3.63) is 59.0 Å². The number of aliphatic hydroxyl groups is 1. The SMILES string of the molecule is CC(=O)N[C@@H](Cc1ccc(F)cc1)[C@H](O)CN[C@H]1C[C@]2(C[C@H](C)C2)Oc2ncc(CC(C)(C)C)cc21. The van der Waals surface area contributed by atoms with E-state index in [-0.39, 0.29) is 28.8 Å². The van der Waals surface area contributed by atoms with Gasteiger partial charge in [-0.1, -0.05) is 39.8 Å². The molecule has 1 spiro atoms. The molecule has 1 aromatic carbocycles. The number of aromatic nitrogens is 1. The minimum atomic E-state index is -0.827. The average molecular weight is 498 g/mol. The lowest BCUT2D eigenvalue weighted by Crippen LogP contribution is -2.54. The second-order valence-corrected chi connectivity index (χ2v) is 12.1. The molecule has 196 valence electrons. The van der Waals surface area contributed by atoms with Crippen LogP contribution < -0.4 is 15.4 Å². The number of carbonyl (C=O) groups is 1. The summed E-state index contributed by atoms with van der Waals surface area (Å²) >= 11 is 0. The standard InChI is InChI=1S/C29H40FN3O3/c1-18-12-29(13-18)15-25(23-10-21(14-28(3,4)5)16-32-27(23)36-29)31-17-26(35)24(33-19(2)34)11-20-6-8-22(30)9-7-20/h6-10,16,18,24-26,31,35H,11-15,17H2,1-5H3,(H,33,34)/t18-,24-,25-,26+,29+/m0/s1. The first-order valence-electron chi connectivity index (χ1n) is 13.0. The van der Waals surface area contributed by atoms with Crippen molar-refractivity contribution in [1.29, 1.82) is 0 Å². The van der Waals surface area contributed by atoms with Crippen LogP contribution in [0.1, 0.15) is 76.6 Å². The number of ether oxygens (including phenoxy) is 1. The molecule has 1 aliphatic carbocycles. The number of benzene rings is 1. The minimum Gasteiger partial charge on any atom is -0.471 e. The van der Waals surface area contributed by atoms with Gasteiger partial charge in [0.25, 0.3) is 0 Å². The number of carbonyl (C=O) groups excluding carboxylic acids is 1. The highest BCUT2D eigenvalue weighted by atomic mass is 19.1. The highest BCUT2D eigenvalue weighted by molar-refractivity contribution is 5.73. The van der Waals surface area contributed by atoms with Crippen LogP contribution in [0.5, 0.6) is 5.88 Å². The van der Waals surface area contributed by atoms with E-state index in [4.69, 9.17) is 9.72 Å². The van der Waals surface area contributed by atoms with E-state index in [1.54, 1.807) is 12.1 Å². The number of hydrogen-bond acceptors (Lipinski definition) is 5. The highest BCUT2D eigenvalue weighted by Gasteiger charge is 2.49. The van der Waals surface area contributed by atoms with E-state index in [0.717, 1.165) is 36.8 Å². The summed E-state index contributed by atoms with van der Waals surface area (Å²) in [5.74, 6) is 0.783. The molecule has 1 fully saturated rings. The number of halogens is 1. The summed E-state index contributed by atoms with van der Waals surface area (Å²) in [6.07, 6.45) is 5.23. The third-order valence-corrected chi connectivity index (χ3v) is 7.17. The van der Waals surface area contributed by atoms with Crippen LogP contribution in [0, 0.1) is 17.2 Å². The predicted octanol–water partition coefficient (Wildman–Crippen LogP) is 4.50. The number of aliphatic hydroxyl groups excluding tert-OH is 1. The fraction of sp³-hybridized carbons (Fsp3) is 0.586. The molecule has 1 amide bonds. The number of nitrogens with one attached hydrogen (secondary N) is 2. The van der Waals surface area contributed by atoms with E-state index in [1.807, 2.05) is 6.20 Å². The van der Waals surface area contributed by atoms with E-state index in [1.165, 1.54) is 24.6 Å². The molecule has 0 saturated heterocycles. The Kier molecular flexibility index (Phi) is 7.72. The zero-order valence-electron chi connectivity index (χ0n) is 22.1. The summed E-state index contributed by atoms with van der Waals surface area (Å²) in [5, 5.41) is 17.5. The summed E-state index contributed by atoms with van der Waals surface area (Å²) in [7, 11) is 0. The number of rotatable bonds is 8. The molecule has 0 bridgehead atoms. The van der Waals surface area contributed by atoms with Gasteiger partial charge >= 0.3 is 0 Å². The Bertz CT molecular complexity index is 1060. The van der Waals surface area contributed by atoms with Crippen molar-refractivity contribution in [3.8, 4) is 5.88 Å². The molecule has 2 heterocycles. The first-order chi connectivity index (χ1) is 16.9. The lowest BCUT2D eigenvalue weighted by Gasteiger charge is -2.50. The molecule has 6 nitrogen and oxygen atoms in total. The van der Waals surface area contributed by atoms with Crippen molar-refractivity contribution in [2.24, 2.45) is 11.3 Å². The van der Waals surface area contributed by atoms with Gasteiger partial charge in [-0.15, -0.1) is 0 Å². The van der Waals surface area contributed by atoms with Crippen LogP contribution in [0.25, 0.3) is 0 Å². The smallest absolute Gasteiger partial charge is 0.218 e. The summed E-state index contributed by atoms with van der Waals surface area (Å²) in [5.41, 5.74) is 2.98. The molecule has 3 N–H and O–H groups in total. The topological polar surface area (TPSA) is 83.5 Å². The second-order valence-electron chi connectivity index (χ2n) is 12.1. The van der Waals surface area contributed by atoms with Gasteiger partial charge in [0, 0.05) is 37.7 Å². The lowest BCUT2D eigenvalue weighted by atomic mass is 9.67. The zero-order valence-corrected chi connectivity index (χ0v) is 22.1. The van der Waals surface area contributed by atoms with Crippen molar-refractivity contribution >= 4 is 5.91 Å². The molecule has 1 aromatic heterocycles. The second kappa shape index (κ2) is 10.5. The molecule has 1 aliphatic heterocycles. The molecule has 2 aromatic rings. The van der Waals surface area contributed by atoms with Gasteiger partial charge in [-0.2, -0.15) is 0 Å². The summed E-state index contributed by atoms with van der Waals surface area (Å²) < 4.78 is 19.8. The summed E-state index contributed by atoms with van der Waals surface area (Å²) in [6.45, 7) is 10.6. The largest absolute Gasteiger partial charge is 0.471 e. The van der Waals surface area contributed by atoms with Crippen molar-refractivity contribution in [1.82, 2.24) is 15.6 Å². The van der Waals surface area contributed by atoms with E-state index in [9.17, 15) is 14.3 Å². The van der Waals surface area contributed by atoms with E-state index < -0.39 is 12.1 Å². The first kappa shape index (κ1) is 26.6. The van der Waals surface area contributed by atoms with Crippen molar-refractivity contribution in [2.75, 3.05) is 6.54 Å². The van der Waals surface area contributed by atoms with Crippen LogP contribution in [0.3, 0.4) is 0 Å². The van der Waals surface area contributed by atoms with E-state index in [2.05, 4.69) is 44.4 Å². The summed E-state index contributed by atoms with van der Waals surface area (Å²) in [6, 6.07) is 7.84. The fourth-order valence-electron chi connectivity index (χ4n) is 5.75. The number of hydrogen-bond donors (Lipinski definition) is 3. The van der Waals surface area contributed by atoms with Crippen molar-refractivity contribution < 1.29 is 19.0 Å². The van der Waals surface area contributed by atoms with E-state index in [0.29, 0.717) is 24.8 Å². The number of pyridine rings is 1. The van der Waals surface area contributed by atoms with Crippen molar-refractivity contribution in [3.63, 3.8) is 0 Å².